The first-order chi connectivity index (χ1) is 11.4. The predicted octanol–water partition coefficient (Wildman–Crippen LogP) is 2.61. The Balaban J connectivity index is 1.87. The van der Waals surface area contributed by atoms with Crippen LogP contribution in [-0.4, -0.2) is 29.6 Å². The van der Waals surface area contributed by atoms with Gasteiger partial charge < -0.3 is 15.7 Å². The van der Waals surface area contributed by atoms with Crippen LogP contribution in [0.5, 0.6) is 0 Å². The van der Waals surface area contributed by atoms with Gasteiger partial charge in [0.15, 0.2) is 0 Å². The number of carbonyl (C=O) groups is 2. The van der Waals surface area contributed by atoms with Crippen LogP contribution in [0.1, 0.15) is 48.8 Å². The molecule has 0 bridgehead atoms. The predicted molar refractivity (Wildman–Crippen MR) is 94.9 cm³/mol. The topological polar surface area (TPSA) is 78.4 Å². The molecule has 1 atom stereocenters. The number of carbonyl (C=O) groups excluding carboxylic acids is 2. The number of aliphatic hydroxyl groups is 1. The fraction of sp³-hybridized carbons (Fsp3) is 0.579. The molecule has 0 unspecified atom stereocenters. The molecule has 1 aromatic carbocycles. The van der Waals surface area contributed by atoms with Gasteiger partial charge in [-0.15, -0.1) is 0 Å². The summed E-state index contributed by atoms with van der Waals surface area (Å²) in [6.07, 6.45) is 4.87. The zero-order valence-corrected chi connectivity index (χ0v) is 14.8. The van der Waals surface area contributed by atoms with Crippen LogP contribution in [0, 0.1) is 26.7 Å². The highest BCUT2D eigenvalue weighted by atomic mass is 16.3. The van der Waals surface area contributed by atoms with Crippen molar-refractivity contribution in [1.29, 1.82) is 0 Å². The molecular formula is C19H28N2O3. The Labute approximate surface area is 143 Å². The summed E-state index contributed by atoms with van der Waals surface area (Å²) in [5.41, 5.74) is 3.64. The third-order valence-corrected chi connectivity index (χ3v) is 4.79. The highest BCUT2D eigenvalue weighted by Crippen LogP contribution is 2.26. The molecule has 1 aliphatic rings. The van der Waals surface area contributed by atoms with E-state index in [0.717, 1.165) is 42.4 Å². The van der Waals surface area contributed by atoms with E-state index in [4.69, 9.17) is 0 Å². The molecule has 132 valence electrons. The smallest absolute Gasteiger partial charge is 0.313 e. The molecule has 1 aliphatic carbocycles. The van der Waals surface area contributed by atoms with Crippen LogP contribution in [0.3, 0.4) is 0 Å². The standard InChI is InChI=1S/C19H28N2O3/c1-12-9-13(2)17(14(3)10-12)21-19(24)18(23)20-11-16(22)15-7-5-4-6-8-15/h9-10,15-16,22H,4-8,11H2,1-3H3,(H,20,23)(H,21,24)/t16-/m1/s1. The average Bonchev–Trinajstić information content (AvgIpc) is 2.56. The molecule has 3 N–H and O–H groups in total. The fourth-order valence-corrected chi connectivity index (χ4v) is 3.51. The Bertz CT molecular complexity index is 584. The van der Waals surface area contributed by atoms with Gasteiger partial charge in [-0.3, -0.25) is 9.59 Å². The van der Waals surface area contributed by atoms with Crippen LogP contribution in [-0.2, 0) is 9.59 Å². The van der Waals surface area contributed by atoms with Crippen molar-refractivity contribution in [1.82, 2.24) is 5.32 Å². The van der Waals surface area contributed by atoms with Gasteiger partial charge in [-0.1, -0.05) is 37.0 Å². The summed E-state index contributed by atoms with van der Waals surface area (Å²) < 4.78 is 0. The number of amides is 2. The molecule has 24 heavy (non-hydrogen) atoms. The van der Waals surface area contributed by atoms with Crippen LogP contribution in [0.2, 0.25) is 0 Å². The number of hydrogen-bond acceptors (Lipinski definition) is 3. The van der Waals surface area contributed by atoms with Crippen molar-refractivity contribution >= 4 is 17.5 Å². The molecule has 0 radical (unpaired) electrons. The van der Waals surface area contributed by atoms with Gasteiger partial charge in [0.1, 0.15) is 0 Å². The van der Waals surface area contributed by atoms with E-state index in [1.54, 1.807) is 0 Å². The Hall–Kier alpha value is -1.88. The van der Waals surface area contributed by atoms with Gasteiger partial charge in [0.2, 0.25) is 0 Å². The fourth-order valence-electron chi connectivity index (χ4n) is 3.51. The average molecular weight is 332 g/mol. The molecule has 0 heterocycles. The minimum absolute atomic E-state index is 0.128. The van der Waals surface area contributed by atoms with E-state index in [1.165, 1.54) is 6.42 Å². The summed E-state index contributed by atoms with van der Waals surface area (Å²) >= 11 is 0. The third-order valence-electron chi connectivity index (χ3n) is 4.79. The van der Waals surface area contributed by atoms with E-state index in [2.05, 4.69) is 10.6 Å². The van der Waals surface area contributed by atoms with Gasteiger partial charge in [0, 0.05) is 12.2 Å². The van der Waals surface area contributed by atoms with Crippen LogP contribution in [0.15, 0.2) is 12.1 Å². The van der Waals surface area contributed by atoms with Gasteiger partial charge >= 0.3 is 11.8 Å². The summed E-state index contributed by atoms with van der Waals surface area (Å²) in [5, 5.41) is 15.4. The minimum atomic E-state index is -0.704. The second-order valence-electron chi connectivity index (χ2n) is 6.90. The highest BCUT2D eigenvalue weighted by Gasteiger charge is 2.23. The zero-order valence-electron chi connectivity index (χ0n) is 14.8. The Kier molecular flexibility index (Phi) is 6.37. The van der Waals surface area contributed by atoms with Crippen molar-refractivity contribution in [3.8, 4) is 0 Å². The summed E-state index contributed by atoms with van der Waals surface area (Å²) in [7, 11) is 0. The maximum Gasteiger partial charge on any atom is 0.313 e. The number of anilines is 1. The lowest BCUT2D eigenvalue weighted by atomic mass is 9.85. The number of benzene rings is 1. The lowest BCUT2D eigenvalue weighted by Gasteiger charge is -2.26. The zero-order chi connectivity index (χ0) is 17.7. The first-order valence-electron chi connectivity index (χ1n) is 8.73. The maximum absolute atomic E-state index is 12.1. The monoisotopic (exact) mass is 332 g/mol. The molecule has 1 aromatic rings. The molecule has 0 aromatic heterocycles. The lowest BCUT2D eigenvalue weighted by Crippen LogP contribution is -2.42. The van der Waals surface area contributed by atoms with Gasteiger partial charge in [0.05, 0.1) is 6.10 Å². The molecule has 2 rings (SSSR count). The second kappa shape index (κ2) is 8.29. The van der Waals surface area contributed by atoms with Crippen molar-refractivity contribution < 1.29 is 14.7 Å². The number of aryl methyl sites for hydroxylation is 3. The van der Waals surface area contributed by atoms with E-state index in [-0.39, 0.29) is 12.5 Å². The van der Waals surface area contributed by atoms with Gasteiger partial charge in [-0.05, 0) is 50.7 Å². The normalized spacial score (nSPS) is 16.5. The summed E-state index contributed by atoms with van der Waals surface area (Å²) in [4.78, 5) is 24.1. The molecule has 1 fully saturated rings. The molecule has 5 nitrogen and oxygen atoms in total. The quantitative estimate of drug-likeness (QED) is 0.742. The van der Waals surface area contributed by atoms with Crippen LogP contribution >= 0.6 is 0 Å². The molecule has 5 heteroatoms. The molecule has 0 aliphatic heterocycles. The van der Waals surface area contributed by atoms with Crippen LogP contribution < -0.4 is 10.6 Å². The first kappa shape index (κ1) is 18.5. The molecule has 0 saturated heterocycles. The van der Waals surface area contributed by atoms with Crippen LogP contribution in [0.25, 0.3) is 0 Å². The summed E-state index contributed by atoms with van der Waals surface area (Å²) in [6, 6.07) is 3.93. The number of rotatable bonds is 4. The highest BCUT2D eigenvalue weighted by molar-refractivity contribution is 6.39. The van der Waals surface area contributed by atoms with Gasteiger partial charge in [0.25, 0.3) is 0 Å². The van der Waals surface area contributed by atoms with Gasteiger partial charge in [-0.25, -0.2) is 0 Å². The Morgan fingerprint density at radius 2 is 1.67 bits per heavy atom. The third kappa shape index (κ3) is 4.81. The second-order valence-corrected chi connectivity index (χ2v) is 6.90. The van der Waals surface area contributed by atoms with Crippen LogP contribution in [0.4, 0.5) is 5.69 Å². The van der Waals surface area contributed by atoms with E-state index >= 15 is 0 Å². The van der Waals surface area contributed by atoms with E-state index in [1.807, 2.05) is 32.9 Å². The Morgan fingerprint density at radius 1 is 1.08 bits per heavy atom. The van der Waals surface area contributed by atoms with E-state index in [0.29, 0.717) is 5.69 Å². The molecular weight excluding hydrogens is 304 g/mol. The number of hydrogen-bond donors (Lipinski definition) is 3. The van der Waals surface area contributed by atoms with Crippen molar-refractivity contribution in [3.63, 3.8) is 0 Å². The van der Waals surface area contributed by atoms with Crippen molar-refractivity contribution in [2.45, 2.75) is 59.0 Å². The summed E-state index contributed by atoms with van der Waals surface area (Å²) in [5.74, 6) is -1.17. The molecule has 1 saturated carbocycles. The Morgan fingerprint density at radius 3 is 2.25 bits per heavy atom. The lowest BCUT2D eigenvalue weighted by molar-refractivity contribution is -0.136. The first-order valence-corrected chi connectivity index (χ1v) is 8.73. The van der Waals surface area contributed by atoms with Crippen molar-refractivity contribution in [2.75, 3.05) is 11.9 Å². The number of aliphatic hydroxyl groups excluding tert-OH is 1. The largest absolute Gasteiger partial charge is 0.391 e. The van der Waals surface area contributed by atoms with E-state index in [9.17, 15) is 14.7 Å². The maximum atomic E-state index is 12.1. The number of nitrogens with one attached hydrogen (secondary N) is 2. The minimum Gasteiger partial charge on any atom is -0.391 e. The van der Waals surface area contributed by atoms with E-state index < -0.39 is 17.9 Å². The summed E-state index contributed by atoms with van der Waals surface area (Å²) in [6.45, 7) is 5.93. The molecule has 2 amide bonds. The van der Waals surface area contributed by atoms with Crippen molar-refractivity contribution in [2.24, 2.45) is 5.92 Å². The molecule has 0 spiro atoms. The van der Waals surface area contributed by atoms with Crippen molar-refractivity contribution in [3.05, 3.63) is 28.8 Å². The van der Waals surface area contributed by atoms with Gasteiger partial charge in [-0.2, -0.15) is 0 Å². The SMILES string of the molecule is Cc1cc(C)c(NC(=O)C(=O)NC[C@@H](O)C2CCCCC2)c(C)c1.